The van der Waals surface area contributed by atoms with Crippen LogP contribution < -0.4 is 4.74 Å². The molecule has 1 amide bonds. The molecule has 7 nitrogen and oxygen atoms in total. The number of amides is 1. The van der Waals surface area contributed by atoms with Gasteiger partial charge in [-0.05, 0) is 42.3 Å². The van der Waals surface area contributed by atoms with Gasteiger partial charge in [-0.3, -0.25) is 4.79 Å². The minimum Gasteiger partial charge on any atom is -0.493 e. The lowest BCUT2D eigenvalue weighted by Crippen LogP contribution is -2.24. The molecule has 0 aliphatic carbocycles. The van der Waals surface area contributed by atoms with Crippen molar-refractivity contribution in [1.29, 1.82) is 0 Å². The summed E-state index contributed by atoms with van der Waals surface area (Å²) in [6, 6.07) is 11.3. The summed E-state index contributed by atoms with van der Waals surface area (Å²) in [7, 11) is 0. The second-order valence-electron chi connectivity index (χ2n) is 7.44. The van der Waals surface area contributed by atoms with E-state index in [0.29, 0.717) is 43.8 Å². The minimum absolute atomic E-state index is 0.0628. The second-order valence-corrected chi connectivity index (χ2v) is 7.44. The van der Waals surface area contributed by atoms with Gasteiger partial charge in [0.15, 0.2) is 0 Å². The Balaban J connectivity index is 1.41. The van der Waals surface area contributed by atoms with E-state index in [0.717, 1.165) is 17.1 Å². The molecular weight excluding hydrogens is 358 g/mol. The van der Waals surface area contributed by atoms with Gasteiger partial charge in [-0.1, -0.05) is 19.0 Å². The first kappa shape index (κ1) is 18.3. The van der Waals surface area contributed by atoms with Gasteiger partial charge in [-0.25, -0.2) is 0 Å². The van der Waals surface area contributed by atoms with Crippen molar-refractivity contribution in [2.75, 3.05) is 13.2 Å². The van der Waals surface area contributed by atoms with Gasteiger partial charge in [-0.2, -0.15) is 4.98 Å². The van der Waals surface area contributed by atoms with Crippen molar-refractivity contribution in [2.45, 2.75) is 32.7 Å². The number of benzene rings is 1. The highest BCUT2D eigenvalue weighted by atomic mass is 16.5. The molecule has 1 saturated heterocycles. The maximum atomic E-state index is 12.3. The summed E-state index contributed by atoms with van der Waals surface area (Å²) in [5.74, 6) is 3.02. The summed E-state index contributed by atoms with van der Waals surface area (Å²) in [6.07, 6.45) is 1.97. The van der Waals surface area contributed by atoms with Gasteiger partial charge in [0.2, 0.25) is 17.6 Å². The van der Waals surface area contributed by atoms with E-state index in [1.54, 1.807) is 11.2 Å². The van der Waals surface area contributed by atoms with Crippen LogP contribution in [0.2, 0.25) is 0 Å². The number of carbonyl (C=O) groups is 1. The lowest BCUT2D eigenvalue weighted by atomic mass is 10.1. The lowest BCUT2D eigenvalue weighted by Gasteiger charge is -2.13. The SMILES string of the molecule is CC(C)COc1ccc(-c2noc(C3CC(=O)N(Cc4ccco4)C3)n2)cc1. The van der Waals surface area contributed by atoms with Crippen LogP contribution in [0, 0.1) is 5.92 Å². The average molecular weight is 381 g/mol. The van der Waals surface area contributed by atoms with Crippen molar-refractivity contribution in [2.24, 2.45) is 5.92 Å². The van der Waals surface area contributed by atoms with Gasteiger partial charge < -0.3 is 18.6 Å². The Hall–Kier alpha value is -3.09. The average Bonchev–Trinajstić information content (AvgIpc) is 3.43. The Morgan fingerprint density at radius 1 is 1.25 bits per heavy atom. The topological polar surface area (TPSA) is 81.6 Å². The number of carbonyl (C=O) groups excluding carboxylic acids is 1. The van der Waals surface area contributed by atoms with Crippen molar-refractivity contribution < 1.29 is 18.5 Å². The summed E-state index contributed by atoms with van der Waals surface area (Å²) < 4.78 is 16.5. The molecule has 28 heavy (non-hydrogen) atoms. The predicted octanol–water partition coefficient (Wildman–Crippen LogP) is 3.88. The number of hydrogen-bond acceptors (Lipinski definition) is 6. The molecule has 1 fully saturated rings. The van der Waals surface area contributed by atoms with Crippen LogP contribution in [0.25, 0.3) is 11.4 Å². The highest BCUT2D eigenvalue weighted by Gasteiger charge is 2.34. The van der Waals surface area contributed by atoms with E-state index in [1.807, 2.05) is 36.4 Å². The molecule has 146 valence electrons. The molecular formula is C21H23N3O4. The van der Waals surface area contributed by atoms with Crippen LogP contribution in [-0.2, 0) is 11.3 Å². The summed E-state index contributed by atoms with van der Waals surface area (Å²) in [5, 5.41) is 4.09. The molecule has 7 heteroatoms. The van der Waals surface area contributed by atoms with Crippen LogP contribution in [0.4, 0.5) is 0 Å². The summed E-state index contributed by atoms with van der Waals surface area (Å²) >= 11 is 0. The quantitative estimate of drug-likeness (QED) is 0.618. The summed E-state index contributed by atoms with van der Waals surface area (Å²) in [4.78, 5) is 18.6. The number of aromatic nitrogens is 2. The first-order chi connectivity index (χ1) is 13.6. The molecule has 1 aliphatic heterocycles. The molecule has 0 spiro atoms. The Morgan fingerprint density at radius 2 is 2.07 bits per heavy atom. The van der Waals surface area contributed by atoms with Gasteiger partial charge in [0.05, 0.1) is 25.3 Å². The molecule has 1 aromatic carbocycles. The first-order valence-electron chi connectivity index (χ1n) is 9.45. The molecule has 2 aromatic heterocycles. The van der Waals surface area contributed by atoms with Gasteiger partial charge in [-0.15, -0.1) is 0 Å². The summed E-state index contributed by atoms with van der Waals surface area (Å²) in [6.45, 7) is 5.90. The minimum atomic E-state index is -0.0997. The molecule has 1 atom stereocenters. The van der Waals surface area contributed by atoms with Crippen molar-refractivity contribution >= 4 is 5.91 Å². The number of ether oxygens (including phenoxy) is 1. The number of rotatable bonds is 7. The third-order valence-electron chi connectivity index (χ3n) is 4.63. The highest BCUT2D eigenvalue weighted by Crippen LogP contribution is 2.30. The van der Waals surface area contributed by atoms with Gasteiger partial charge in [0.1, 0.15) is 11.5 Å². The second kappa shape index (κ2) is 7.88. The molecule has 0 saturated carbocycles. The first-order valence-corrected chi connectivity index (χ1v) is 9.45. The highest BCUT2D eigenvalue weighted by molar-refractivity contribution is 5.79. The standard InChI is InChI=1S/C21H23N3O4/c1-14(2)13-27-17-7-5-15(6-8-17)20-22-21(28-23-20)16-10-19(25)24(11-16)12-18-4-3-9-26-18/h3-9,14,16H,10-13H2,1-2H3. The summed E-state index contributed by atoms with van der Waals surface area (Å²) in [5.41, 5.74) is 0.851. The molecule has 0 bridgehead atoms. The largest absolute Gasteiger partial charge is 0.493 e. The van der Waals surface area contributed by atoms with Gasteiger partial charge in [0.25, 0.3) is 0 Å². The maximum absolute atomic E-state index is 12.3. The molecule has 4 rings (SSSR count). The molecule has 0 radical (unpaired) electrons. The maximum Gasteiger partial charge on any atom is 0.232 e. The fraction of sp³-hybridized carbons (Fsp3) is 0.381. The van der Waals surface area contributed by atoms with Gasteiger partial charge >= 0.3 is 0 Å². The Morgan fingerprint density at radius 3 is 2.79 bits per heavy atom. The zero-order valence-electron chi connectivity index (χ0n) is 16.0. The van der Waals surface area contributed by atoms with Gasteiger partial charge in [0, 0.05) is 18.5 Å². The smallest absolute Gasteiger partial charge is 0.232 e. The van der Waals surface area contributed by atoms with Crippen molar-refractivity contribution in [3.05, 3.63) is 54.3 Å². The van der Waals surface area contributed by atoms with Crippen LogP contribution >= 0.6 is 0 Å². The Bertz CT molecular complexity index is 916. The van der Waals surface area contributed by atoms with Crippen molar-refractivity contribution in [3.63, 3.8) is 0 Å². The van der Waals surface area contributed by atoms with E-state index >= 15 is 0 Å². The van der Waals surface area contributed by atoms with Crippen molar-refractivity contribution in [1.82, 2.24) is 15.0 Å². The monoisotopic (exact) mass is 381 g/mol. The van der Waals surface area contributed by atoms with E-state index in [1.165, 1.54) is 0 Å². The number of nitrogens with zero attached hydrogens (tertiary/aromatic N) is 3. The van der Waals surface area contributed by atoms with E-state index < -0.39 is 0 Å². The van der Waals surface area contributed by atoms with Crippen molar-refractivity contribution in [3.8, 4) is 17.1 Å². The zero-order chi connectivity index (χ0) is 19.5. The van der Waals surface area contributed by atoms with Crippen LogP contribution in [0.5, 0.6) is 5.75 Å². The van der Waals surface area contributed by atoms with Crippen LogP contribution in [0.3, 0.4) is 0 Å². The number of furan rings is 1. The number of likely N-dealkylation sites (tertiary alicyclic amines) is 1. The molecule has 1 unspecified atom stereocenters. The molecule has 1 aliphatic rings. The third-order valence-corrected chi connectivity index (χ3v) is 4.63. The molecule has 3 heterocycles. The van der Waals surface area contributed by atoms with E-state index in [9.17, 15) is 4.79 Å². The Labute approximate surface area is 163 Å². The lowest BCUT2D eigenvalue weighted by molar-refractivity contribution is -0.128. The predicted molar refractivity (Wildman–Crippen MR) is 102 cm³/mol. The normalized spacial score (nSPS) is 16.9. The van der Waals surface area contributed by atoms with Crippen LogP contribution in [0.15, 0.2) is 51.6 Å². The third kappa shape index (κ3) is 4.08. The van der Waals surface area contributed by atoms with E-state index in [4.69, 9.17) is 13.7 Å². The van der Waals surface area contributed by atoms with Crippen LogP contribution in [0.1, 0.15) is 37.8 Å². The fourth-order valence-corrected chi connectivity index (χ4v) is 3.16. The van der Waals surface area contributed by atoms with Crippen LogP contribution in [-0.4, -0.2) is 34.1 Å². The zero-order valence-corrected chi connectivity index (χ0v) is 16.0. The Kier molecular flexibility index (Phi) is 5.14. The molecule has 0 N–H and O–H groups in total. The number of hydrogen-bond donors (Lipinski definition) is 0. The van der Waals surface area contributed by atoms with E-state index in [2.05, 4.69) is 24.0 Å². The van der Waals surface area contributed by atoms with E-state index in [-0.39, 0.29) is 11.8 Å². The molecule has 3 aromatic rings. The fourth-order valence-electron chi connectivity index (χ4n) is 3.16.